The number of hydrogen-bond donors (Lipinski definition) is 2. The monoisotopic (exact) mass is 294 g/mol. The van der Waals surface area contributed by atoms with Crippen LogP contribution in [0.25, 0.3) is 0 Å². The van der Waals surface area contributed by atoms with Gasteiger partial charge in [-0.1, -0.05) is 13.8 Å². The molecule has 0 saturated carbocycles. The third-order valence-electron chi connectivity index (χ3n) is 3.40. The number of aliphatic hydroxyl groups excluding tert-OH is 1. The molecule has 0 fully saturated rings. The highest BCUT2D eigenvalue weighted by Crippen LogP contribution is 2.21. The second-order valence-corrected chi connectivity index (χ2v) is 5.94. The average Bonchev–Trinajstić information content (AvgIpc) is 2.42. The zero-order valence-electron chi connectivity index (χ0n) is 12.7. The van der Waals surface area contributed by atoms with E-state index in [-0.39, 0.29) is 23.6 Å². The Morgan fingerprint density at radius 1 is 1.43 bits per heavy atom. The minimum Gasteiger partial charge on any atom is -0.396 e. The van der Waals surface area contributed by atoms with Crippen molar-refractivity contribution in [1.82, 2.24) is 5.32 Å². The Morgan fingerprint density at radius 3 is 2.62 bits per heavy atom. The summed E-state index contributed by atoms with van der Waals surface area (Å²) in [7, 11) is 0. The number of nitrogens with zero attached hydrogens (tertiary/aromatic N) is 1. The maximum atomic E-state index is 11.9. The molecule has 0 atom stereocenters. The van der Waals surface area contributed by atoms with Crippen LogP contribution in [0.2, 0.25) is 0 Å². The van der Waals surface area contributed by atoms with Crippen LogP contribution in [0.1, 0.15) is 42.6 Å². The fraction of sp³-hybridized carbons (Fsp3) is 0.533. The molecule has 0 bridgehead atoms. The van der Waals surface area contributed by atoms with Gasteiger partial charge in [0.2, 0.25) is 0 Å². The van der Waals surface area contributed by atoms with Crippen LogP contribution in [-0.4, -0.2) is 29.1 Å². The molecular formula is C15H22N2O4. The van der Waals surface area contributed by atoms with E-state index in [0.717, 1.165) is 12.8 Å². The van der Waals surface area contributed by atoms with Gasteiger partial charge in [0, 0.05) is 30.3 Å². The molecule has 1 aromatic rings. The number of benzene rings is 1. The minimum absolute atomic E-state index is 0.0104. The van der Waals surface area contributed by atoms with Gasteiger partial charge in [0.15, 0.2) is 0 Å². The van der Waals surface area contributed by atoms with E-state index in [0.29, 0.717) is 17.7 Å². The van der Waals surface area contributed by atoms with E-state index in [2.05, 4.69) is 5.32 Å². The predicted octanol–water partition coefficient (Wildman–Crippen LogP) is 2.43. The van der Waals surface area contributed by atoms with Crippen molar-refractivity contribution >= 4 is 11.6 Å². The molecular weight excluding hydrogens is 272 g/mol. The minimum atomic E-state index is -0.464. The summed E-state index contributed by atoms with van der Waals surface area (Å²) in [6.07, 6.45) is 1.58. The number of carbonyl (C=O) groups is 1. The molecule has 0 aliphatic rings. The third kappa shape index (κ3) is 5.15. The van der Waals surface area contributed by atoms with Crippen LogP contribution in [0.5, 0.6) is 0 Å². The lowest BCUT2D eigenvalue weighted by Gasteiger charge is -2.21. The number of aryl methyl sites for hydroxylation is 1. The van der Waals surface area contributed by atoms with Crippen molar-refractivity contribution in [1.29, 1.82) is 0 Å². The van der Waals surface area contributed by atoms with Gasteiger partial charge in [0.1, 0.15) is 0 Å². The number of nitrogens with one attached hydrogen (secondary N) is 1. The van der Waals surface area contributed by atoms with Gasteiger partial charge in [0.25, 0.3) is 11.6 Å². The summed E-state index contributed by atoms with van der Waals surface area (Å²) >= 11 is 0. The number of amides is 1. The molecule has 1 amide bonds. The summed E-state index contributed by atoms with van der Waals surface area (Å²) in [5, 5.41) is 22.6. The van der Waals surface area contributed by atoms with Crippen LogP contribution < -0.4 is 5.32 Å². The lowest BCUT2D eigenvalue weighted by Crippen LogP contribution is -2.26. The number of nitro groups is 1. The molecule has 0 aromatic heterocycles. The summed E-state index contributed by atoms with van der Waals surface area (Å²) in [5.41, 5.74) is 0.749. The van der Waals surface area contributed by atoms with Crippen molar-refractivity contribution in [3.63, 3.8) is 0 Å². The lowest BCUT2D eigenvalue weighted by molar-refractivity contribution is -0.385. The van der Waals surface area contributed by atoms with E-state index in [1.807, 2.05) is 13.8 Å². The molecule has 1 aromatic carbocycles. The maximum Gasteiger partial charge on any atom is 0.272 e. The fourth-order valence-electron chi connectivity index (χ4n) is 1.95. The molecule has 0 unspecified atom stereocenters. The Labute approximate surface area is 124 Å². The topological polar surface area (TPSA) is 92.5 Å². The second kappa shape index (κ2) is 7.17. The summed E-state index contributed by atoms with van der Waals surface area (Å²) in [4.78, 5) is 22.2. The first-order valence-corrected chi connectivity index (χ1v) is 6.91. The van der Waals surface area contributed by atoms with Crippen molar-refractivity contribution in [3.8, 4) is 0 Å². The number of rotatable bonds is 7. The SMILES string of the molecule is Cc1cc(C(=O)NCCCC(C)(C)CO)ccc1[N+](=O)[O-]. The van der Waals surface area contributed by atoms with E-state index < -0.39 is 4.92 Å². The zero-order chi connectivity index (χ0) is 16.0. The molecule has 116 valence electrons. The summed E-state index contributed by atoms with van der Waals surface area (Å²) in [6.45, 7) is 6.17. The van der Waals surface area contributed by atoms with E-state index in [4.69, 9.17) is 5.11 Å². The first-order chi connectivity index (χ1) is 9.76. The molecule has 0 aliphatic carbocycles. The van der Waals surface area contributed by atoms with Crippen molar-refractivity contribution in [2.45, 2.75) is 33.6 Å². The van der Waals surface area contributed by atoms with Crippen LogP contribution in [-0.2, 0) is 0 Å². The Bertz CT molecular complexity index is 526. The number of aliphatic hydroxyl groups is 1. The van der Waals surface area contributed by atoms with Gasteiger partial charge in [-0.3, -0.25) is 14.9 Å². The smallest absolute Gasteiger partial charge is 0.272 e. The first-order valence-electron chi connectivity index (χ1n) is 6.91. The average molecular weight is 294 g/mol. The largest absolute Gasteiger partial charge is 0.396 e. The van der Waals surface area contributed by atoms with Crippen LogP contribution in [0.4, 0.5) is 5.69 Å². The number of carbonyl (C=O) groups excluding carboxylic acids is 1. The molecule has 0 aliphatic heterocycles. The second-order valence-electron chi connectivity index (χ2n) is 5.94. The van der Waals surface area contributed by atoms with Gasteiger partial charge in [0.05, 0.1) is 4.92 Å². The summed E-state index contributed by atoms with van der Waals surface area (Å²) < 4.78 is 0. The van der Waals surface area contributed by atoms with Crippen molar-refractivity contribution in [3.05, 3.63) is 39.4 Å². The van der Waals surface area contributed by atoms with Gasteiger partial charge in [-0.25, -0.2) is 0 Å². The normalized spacial score (nSPS) is 11.2. The highest BCUT2D eigenvalue weighted by molar-refractivity contribution is 5.94. The quantitative estimate of drug-likeness (QED) is 0.459. The predicted molar refractivity (Wildman–Crippen MR) is 80.3 cm³/mol. The first kappa shape index (κ1) is 17.1. The zero-order valence-corrected chi connectivity index (χ0v) is 12.7. The van der Waals surface area contributed by atoms with Crippen LogP contribution in [0.3, 0.4) is 0 Å². The van der Waals surface area contributed by atoms with Crippen molar-refractivity contribution in [2.75, 3.05) is 13.2 Å². The number of hydrogen-bond acceptors (Lipinski definition) is 4. The summed E-state index contributed by atoms with van der Waals surface area (Å²) in [5.74, 6) is -0.241. The Balaban J connectivity index is 2.53. The molecule has 6 nitrogen and oxygen atoms in total. The third-order valence-corrected chi connectivity index (χ3v) is 3.40. The maximum absolute atomic E-state index is 11.9. The van der Waals surface area contributed by atoms with E-state index in [1.54, 1.807) is 6.92 Å². The van der Waals surface area contributed by atoms with E-state index in [9.17, 15) is 14.9 Å². The van der Waals surface area contributed by atoms with E-state index >= 15 is 0 Å². The highest BCUT2D eigenvalue weighted by atomic mass is 16.6. The van der Waals surface area contributed by atoms with Gasteiger partial charge in [-0.15, -0.1) is 0 Å². The van der Waals surface area contributed by atoms with E-state index in [1.165, 1.54) is 18.2 Å². The molecule has 0 heterocycles. The molecule has 21 heavy (non-hydrogen) atoms. The Morgan fingerprint density at radius 2 is 2.10 bits per heavy atom. The highest BCUT2D eigenvalue weighted by Gasteiger charge is 2.16. The molecule has 6 heteroatoms. The molecule has 0 radical (unpaired) electrons. The van der Waals surface area contributed by atoms with Gasteiger partial charge in [-0.05, 0) is 37.3 Å². The van der Waals surface area contributed by atoms with Crippen LogP contribution >= 0.6 is 0 Å². The van der Waals surface area contributed by atoms with Crippen LogP contribution in [0, 0.1) is 22.5 Å². The molecule has 1 rings (SSSR count). The molecule has 2 N–H and O–H groups in total. The molecule has 0 spiro atoms. The summed E-state index contributed by atoms with van der Waals surface area (Å²) in [6, 6.07) is 4.32. The van der Waals surface area contributed by atoms with Gasteiger partial charge >= 0.3 is 0 Å². The van der Waals surface area contributed by atoms with Gasteiger partial charge in [-0.2, -0.15) is 0 Å². The molecule has 0 saturated heterocycles. The Hall–Kier alpha value is -1.95. The fourth-order valence-corrected chi connectivity index (χ4v) is 1.95. The van der Waals surface area contributed by atoms with Gasteiger partial charge < -0.3 is 10.4 Å². The standard InChI is InChI=1S/C15H22N2O4/c1-11-9-12(5-6-13(11)17(20)21)14(19)16-8-4-7-15(2,3)10-18/h5-6,9,18H,4,7-8,10H2,1-3H3,(H,16,19). The van der Waals surface area contributed by atoms with Crippen molar-refractivity contribution < 1.29 is 14.8 Å². The number of nitro benzene ring substituents is 1. The Kier molecular flexibility index (Phi) is 5.84. The van der Waals surface area contributed by atoms with Crippen LogP contribution in [0.15, 0.2) is 18.2 Å². The lowest BCUT2D eigenvalue weighted by atomic mass is 9.89. The van der Waals surface area contributed by atoms with Crippen molar-refractivity contribution in [2.24, 2.45) is 5.41 Å².